The number of carbonyl (C=O) groups excluding carboxylic acids is 1. The molecule has 1 atom stereocenters. The van der Waals surface area contributed by atoms with Crippen LogP contribution in [0.5, 0.6) is 5.75 Å². The van der Waals surface area contributed by atoms with E-state index in [2.05, 4.69) is 0 Å². The number of phenols is 1. The molecule has 3 heteroatoms. The van der Waals surface area contributed by atoms with E-state index in [0.29, 0.717) is 18.4 Å². The standard InChI is InChI=1S/C11H12O3/c1-6(12)9-3-2-7-4-8(13)5-10(7)11(9)14/h2-3,8,13-14H,4-5H2,1H3. The number of aromatic hydroxyl groups is 1. The van der Waals surface area contributed by atoms with Crippen LogP contribution in [-0.4, -0.2) is 22.1 Å². The maximum atomic E-state index is 11.1. The second-order valence-electron chi connectivity index (χ2n) is 3.72. The molecule has 0 heterocycles. The number of phenolic OH excluding ortho intramolecular Hbond substituents is 1. The summed E-state index contributed by atoms with van der Waals surface area (Å²) >= 11 is 0. The highest BCUT2D eigenvalue weighted by Gasteiger charge is 2.24. The molecule has 2 rings (SSSR count). The predicted molar refractivity (Wildman–Crippen MR) is 51.5 cm³/mol. The minimum absolute atomic E-state index is 0.0477. The minimum Gasteiger partial charge on any atom is -0.507 e. The summed E-state index contributed by atoms with van der Waals surface area (Å²) in [5.41, 5.74) is 2.02. The molecule has 0 saturated heterocycles. The van der Waals surface area contributed by atoms with Gasteiger partial charge in [-0.2, -0.15) is 0 Å². The van der Waals surface area contributed by atoms with E-state index in [1.807, 2.05) is 6.07 Å². The van der Waals surface area contributed by atoms with Crippen molar-refractivity contribution in [2.24, 2.45) is 0 Å². The van der Waals surface area contributed by atoms with Gasteiger partial charge in [0.25, 0.3) is 0 Å². The van der Waals surface area contributed by atoms with Gasteiger partial charge in [-0.25, -0.2) is 0 Å². The molecule has 3 nitrogen and oxygen atoms in total. The van der Waals surface area contributed by atoms with Crippen LogP contribution in [0.3, 0.4) is 0 Å². The molecule has 14 heavy (non-hydrogen) atoms. The Labute approximate surface area is 82.0 Å². The molecule has 0 amide bonds. The molecule has 0 bridgehead atoms. The quantitative estimate of drug-likeness (QED) is 0.654. The lowest BCUT2D eigenvalue weighted by atomic mass is 10.0. The molecule has 1 aliphatic rings. The van der Waals surface area contributed by atoms with E-state index in [0.717, 1.165) is 11.1 Å². The van der Waals surface area contributed by atoms with Gasteiger partial charge in [-0.15, -0.1) is 0 Å². The van der Waals surface area contributed by atoms with Gasteiger partial charge in [-0.1, -0.05) is 6.07 Å². The van der Waals surface area contributed by atoms with Gasteiger partial charge >= 0.3 is 0 Å². The van der Waals surface area contributed by atoms with Crippen LogP contribution in [0.15, 0.2) is 12.1 Å². The van der Waals surface area contributed by atoms with Crippen molar-refractivity contribution in [3.05, 3.63) is 28.8 Å². The van der Waals surface area contributed by atoms with Crippen LogP contribution < -0.4 is 0 Å². The van der Waals surface area contributed by atoms with Crippen molar-refractivity contribution in [2.45, 2.75) is 25.9 Å². The van der Waals surface area contributed by atoms with E-state index in [-0.39, 0.29) is 11.5 Å². The summed E-state index contributed by atoms with van der Waals surface area (Å²) in [7, 11) is 0. The summed E-state index contributed by atoms with van der Waals surface area (Å²) in [5, 5.41) is 19.2. The molecule has 1 aromatic carbocycles. The SMILES string of the molecule is CC(=O)c1ccc2c(c1O)CC(O)C2. The first-order valence-corrected chi connectivity index (χ1v) is 4.62. The number of aliphatic hydroxyl groups is 1. The molecule has 0 aliphatic heterocycles. The highest BCUT2D eigenvalue weighted by atomic mass is 16.3. The third kappa shape index (κ3) is 1.30. The number of ketones is 1. The summed E-state index contributed by atoms with van der Waals surface area (Å²) < 4.78 is 0. The van der Waals surface area contributed by atoms with Gasteiger partial charge in [0.2, 0.25) is 0 Å². The second kappa shape index (κ2) is 3.10. The summed E-state index contributed by atoms with van der Waals surface area (Å²) in [6, 6.07) is 3.43. The van der Waals surface area contributed by atoms with Gasteiger partial charge in [0.05, 0.1) is 11.7 Å². The fourth-order valence-electron chi connectivity index (χ4n) is 1.94. The van der Waals surface area contributed by atoms with E-state index in [9.17, 15) is 15.0 Å². The lowest BCUT2D eigenvalue weighted by Crippen LogP contribution is -2.03. The molecule has 0 spiro atoms. The van der Waals surface area contributed by atoms with E-state index >= 15 is 0 Å². The number of hydrogen-bond acceptors (Lipinski definition) is 3. The average molecular weight is 192 g/mol. The Morgan fingerprint density at radius 1 is 1.43 bits per heavy atom. The average Bonchev–Trinajstić information content (AvgIpc) is 2.46. The normalized spacial score (nSPS) is 19.4. The molecule has 1 aromatic rings. The van der Waals surface area contributed by atoms with Gasteiger partial charge < -0.3 is 10.2 Å². The van der Waals surface area contributed by atoms with E-state index in [1.54, 1.807) is 6.07 Å². The van der Waals surface area contributed by atoms with Gasteiger partial charge in [-0.05, 0) is 25.0 Å². The van der Waals surface area contributed by atoms with E-state index in [1.165, 1.54) is 6.92 Å². The summed E-state index contributed by atoms with van der Waals surface area (Å²) in [6.45, 7) is 1.42. The van der Waals surface area contributed by atoms with Gasteiger partial charge in [-0.3, -0.25) is 4.79 Å². The smallest absolute Gasteiger partial charge is 0.163 e. The molecule has 1 unspecified atom stereocenters. The highest BCUT2D eigenvalue weighted by molar-refractivity contribution is 5.97. The zero-order valence-corrected chi connectivity index (χ0v) is 7.95. The molecular weight excluding hydrogens is 180 g/mol. The summed E-state index contributed by atoms with van der Waals surface area (Å²) in [5.74, 6) is -0.0989. The summed E-state index contributed by atoms with van der Waals surface area (Å²) in [4.78, 5) is 11.1. The number of benzene rings is 1. The number of fused-ring (bicyclic) bond motifs is 1. The van der Waals surface area contributed by atoms with Gasteiger partial charge in [0, 0.05) is 12.0 Å². The Balaban J connectivity index is 2.53. The molecular formula is C11H12O3. The van der Waals surface area contributed by atoms with E-state index in [4.69, 9.17) is 0 Å². The Morgan fingerprint density at radius 2 is 2.14 bits per heavy atom. The number of rotatable bonds is 1. The van der Waals surface area contributed by atoms with Gasteiger partial charge in [0.15, 0.2) is 5.78 Å². The lowest BCUT2D eigenvalue weighted by Gasteiger charge is -2.05. The Bertz CT molecular complexity index is 396. The monoisotopic (exact) mass is 192 g/mol. The number of carbonyl (C=O) groups is 1. The first kappa shape index (κ1) is 9.21. The molecule has 1 aliphatic carbocycles. The Morgan fingerprint density at radius 3 is 2.79 bits per heavy atom. The number of hydrogen-bond donors (Lipinski definition) is 2. The fraction of sp³-hybridized carbons (Fsp3) is 0.364. The highest BCUT2D eigenvalue weighted by Crippen LogP contribution is 2.33. The van der Waals surface area contributed by atoms with Crippen molar-refractivity contribution in [1.29, 1.82) is 0 Å². The van der Waals surface area contributed by atoms with Gasteiger partial charge in [0.1, 0.15) is 5.75 Å². The Kier molecular flexibility index (Phi) is 2.04. The molecule has 0 radical (unpaired) electrons. The second-order valence-corrected chi connectivity index (χ2v) is 3.72. The lowest BCUT2D eigenvalue weighted by molar-refractivity contribution is 0.101. The zero-order chi connectivity index (χ0) is 10.3. The first-order chi connectivity index (χ1) is 6.59. The van der Waals surface area contributed by atoms with Crippen molar-refractivity contribution in [3.8, 4) is 5.75 Å². The van der Waals surface area contributed by atoms with Crippen molar-refractivity contribution in [3.63, 3.8) is 0 Å². The summed E-state index contributed by atoms with van der Waals surface area (Å²) in [6.07, 6.45) is 0.599. The van der Waals surface area contributed by atoms with Crippen molar-refractivity contribution >= 4 is 5.78 Å². The van der Waals surface area contributed by atoms with Crippen LogP contribution in [0.25, 0.3) is 0 Å². The van der Waals surface area contributed by atoms with Crippen molar-refractivity contribution in [1.82, 2.24) is 0 Å². The third-order valence-electron chi connectivity index (χ3n) is 2.65. The Hall–Kier alpha value is -1.35. The predicted octanol–water partition coefficient (Wildman–Crippen LogP) is 1.05. The molecule has 74 valence electrons. The number of Topliss-reactive ketones (excluding diaryl/α,β-unsaturated/α-hetero) is 1. The van der Waals surface area contributed by atoms with Crippen LogP contribution in [-0.2, 0) is 12.8 Å². The van der Waals surface area contributed by atoms with Crippen LogP contribution in [0, 0.1) is 0 Å². The van der Waals surface area contributed by atoms with E-state index < -0.39 is 6.10 Å². The van der Waals surface area contributed by atoms with Crippen LogP contribution >= 0.6 is 0 Å². The zero-order valence-electron chi connectivity index (χ0n) is 7.95. The molecule has 0 fully saturated rings. The van der Waals surface area contributed by atoms with Crippen LogP contribution in [0.2, 0.25) is 0 Å². The topological polar surface area (TPSA) is 57.5 Å². The fourth-order valence-corrected chi connectivity index (χ4v) is 1.94. The van der Waals surface area contributed by atoms with Crippen LogP contribution in [0.1, 0.15) is 28.4 Å². The van der Waals surface area contributed by atoms with Crippen LogP contribution in [0.4, 0.5) is 0 Å². The molecule has 0 aromatic heterocycles. The van der Waals surface area contributed by atoms with Crippen molar-refractivity contribution < 1.29 is 15.0 Å². The third-order valence-corrected chi connectivity index (χ3v) is 2.65. The first-order valence-electron chi connectivity index (χ1n) is 4.62. The minimum atomic E-state index is -0.418. The maximum Gasteiger partial charge on any atom is 0.163 e. The molecule has 0 saturated carbocycles. The van der Waals surface area contributed by atoms with Crippen molar-refractivity contribution in [2.75, 3.05) is 0 Å². The number of aliphatic hydroxyl groups excluding tert-OH is 1. The maximum absolute atomic E-state index is 11.1. The largest absolute Gasteiger partial charge is 0.507 e. The molecule has 2 N–H and O–H groups in total.